The average Bonchev–Trinajstić information content (AvgIpc) is 3.76. The fraction of sp³-hybridized carbons (Fsp3) is 0.463. The van der Waals surface area contributed by atoms with Crippen molar-refractivity contribution >= 4 is 34.6 Å². The largest absolute Gasteiger partial charge is 0.504 e. The molecule has 0 saturated carbocycles. The van der Waals surface area contributed by atoms with E-state index in [9.17, 15) is 19.8 Å². The summed E-state index contributed by atoms with van der Waals surface area (Å²) in [5.74, 6) is 1.67. The Morgan fingerprint density at radius 2 is 1.86 bits per heavy atom. The van der Waals surface area contributed by atoms with Crippen LogP contribution in [-0.4, -0.2) is 102 Å². The Hall–Kier alpha value is -4.67. The van der Waals surface area contributed by atoms with Gasteiger partial charge in [-0.1, -0.05) is 6.07 Å². The number of nitrogens with one attached hydrogen (secondary N) is 2. The van der Waals surface area contributed by atoms with Crippen LogP contribution >= 0.6 is 11.8 Å². The summed E-state index contributed by atoms with van der Waals surface area (Å²) in [6, 6.07) is 6.05. The first-order valence-electron chi connectivity index (χ1n) is 18.9. The van der Waals surface area contributed by atoms with Crippen molar-refractivity contribution in [3.8, 4) is 34.5 Å². The van der Waals surface area contributed by atoms with E-state index in [1.54, 1.807) is 14.2 Å². The molecule has 7 atom stereocenters. The molecule has 4 aromatic rings. The molecule has 8 aliphatic rings. The summed E-state index contributed by atoms with van der Waals surface area (Å²) in [5.41, 5.74) is 4.06. The van der Waals surface area contributed by atoms with E-state index >= 15 is 0 Å². The number of aromatic hydroxyl groups is 1. The number of thioether (sulfide) groups is 1. The van der Waals surface area contributed by atoms with Crippen LogP contribution in [0.1, 0.15) is 68.9 Å². The standard InChI is InChI=1S/C41H44N4O10S/c1-18-11-21-13-40(49)15-44(4)30(27(21)32(47)33(18)51-6)31-37-29-28(36-35(53-17-54-36)19(2)34(29)55-20(3)46)26(45(31)40)14-52-39(48)41(16-56-37)38-23(9-10-42-41)24-12-22(50-5)7-8-25(24)43-38/h7-8,11-12,26,30-31,37,42-43,47,49H,9-10,13-17H2,1-6H3. The summed E-state index contributed by atoms with van der Waals surface area (Å²) in [7, 11) is 5.13. The number of aromatic nitrogens is 1. The highest BCUT2D eigenvalue weighted by molar-refractivity contribution is 7.99. The van der Waals surface area contributed by atoms with Crippen molar-refractivity contribution in [2.24, 2.45) is 0 Å². The summed E-state index contributed by atoms with van der Waals surface area (Å²) in [6.07, 6.45) is 0.870. The van der Waals surface area contributed by atoms with Crippen molar-refractivity contribution in [2.75, 3.05) is 53.5 Å². The number of carbonyl (C=O) groups excluding carboxylic acids is 2. The Morgan fingerprint density at radius 3 is 2.62 bits per heavy atom. The number of aliphatic hydroxyl groups is 1. The van der Waals surface area contributed by atoms with Gasteiger partial charge in [0, 0.05) is 71.4 Å². The van der Waals surface area contributed by atoms with Gasteiger partial charge in [0.1, 0.15) is 23.8 Å². The molecular formula is C41H44N4O10S. The van der Waals surface area contributed by atoms with E-state index < -0.39 is 46.6 Å². The quantitative estimate of drug-likeness (QED) is 0.173. The van der Waals surface area contributed by atoms with Gasteiger partial charge in [-0.2, -0.15) is 0 Å². The first kappa shape index (κ1) is 35.7. The van der Waals surface area contributed by atoms with Gasteiger partial charge < -0.3 is 43.6 Å². The summed E-state index contributed by atoms with van der Waals surface area (Å²) in [4.78, 5) is 35.6. The predicted molar refractivity (Wildman–Crippen MR) is 205 cm³/mol. The molecule has 4 N–H and O–H groups in total. The number of piperazine rings is 1. The van der Waals surface area contributed by atoms with Crippen LogP contribution in [0.2, 0.25) is 0 Å². The molecule has 0 amide bonds. The zero-order chi connectivity index (χ0) is 39.0. The second-order valence-electron chi connectivity index (χ2n) is 15.8. The van der Waals surface area contributed by atoms with E-state index in [2.05, 4.69) is 20.1 Å². The van der Waals surface area contributed by atoms with Crippen LogP contribution in [-0.2, 0) is 32.7 Å². The van der Waals surface area contributed by atoms with Crippen LogP contribution in [0.25, 0.3) is 10.9 Å². The van der Waals surface area contributed by atoms with Crippen LogP contribution in [0.5, 0.6) is 34.5 Å². The molecule has 1 aromatic heterocycles. The Bertz CT molecular complexity index is 2380. The number of rotatable bonds is 3. The number of phenolic OH excluding ortho intramolecular Hbond substituents is 1. The number of esters is 2. The number of ether oxygens (including phenoxy) is 6. The maximum absolute atomic E-state index is 14.9. The van der Waals surface area contributed by atoms with Gasteiger partial charge in [-0.3, -0.25) is 19.9 Å². The topological polar surface area (TPSA) is 164 Å². The third kappa shape index (κ3) is 4.71. The molecule has 3 aromatic carbocycles. The molecule has 0 radical (unpaired) electrons. The monoisotopic (exact) mass is 784 g/mol. The van der Waals surface area contributed by atoms with Crippen molar-refractivity contribution in [2.45, 2.75) is 68.3 Å². The van der Waals surface area contributed by atoms with Gasteiger partial charge in [-0.25, -0.2) is 4.79 Å². The summed E-state index contributed by atoms with van der Waals surface area (Å²) in [6.45, 7) is 5.65. The molecule has 56 heavy (non-hydrogen) atoms. The van der Waals surface area contributed by atoms with Crippen LogP contribution in [0.15, 0.2) is 24.3 Å². The SMILES string of the molecule is COc1ccc2[nH]c3c(c2c1)CCNC31CSC2c3c(OC(C)=O)c(C)c4c(c3C(COC1=O)N1C2C2c3c(cc(C)c(OC)c3O)CC1(O)CN2C)OCO4. The number of carbonyl (C=O) groups is 2. The zero-order valence-corrected chi connectivity index (χ0v) is 32.8. The minimum Gasteiger partial charge on any atom is -0.504 e. The van der Waals surface area contributed by atoms with Crippen molar-refractivity contribution in [3.63, 3.8) is 0 Å². The third-order valence-corrected chi connectivity index (χ3v) is 14.2. The minimum absolute atomic E-state index is 0.0284. The molecule has 4 bridgehead atoms. The number of likely N-dealkylation sites (N-methyl/N-ethyl adjacent to an activating group) is 1. The van der Waals surface area contributed by atoms with Gasteiger partial charge in [0.15, 0.2) is 28.5 Å². The Kier molecular flexibility index (Phi) is 7.92. The number of nitrogens with zero attached hydrogens (tertiary/aromatic N) is 2. The molecular weight excluding hydrogens is 741 g/mol. The van der Waals surface area contributed by atoms with Gasteiger partial charge >= 0.3 is 11.9 Å². The lowest BCUT2D eigenvalue weighted by Crippen LogP contribution is -2.70. The Balaban J connectivity index is 1.24. The molecule has 294 valence electrons. The fourth-order valence-electron chi connectivity index (χ4n) is 10.7. The van der Waals surface area contributed by atoms with Gasteiger partial charge in [0.05, 0.1) is 37.2 Å². The Morgan fingerprint density at radius 1 is 1.05 bits per heavy atom. The van der Waals surface area contributed by atoms with Crippen LogP contribution < -0.4 is 29.0 Å². The van der Waals surface area contributed by atoms with E-state index in [1.165, 1.54) is 18.7 Å². The average molecular weight is 785 g/mol. The minimum atomic E-state index is -1.50. The maximum atomic E-state index is 14.9. The normalized spacial score (nSPS) is 29.9. The van der Waals surface area contributed by atoms with E-state index in [0.717, 1.165) is 39.0 Å². The van der Waals surface area contributed by atoms with Gasteiger partial charge in [-0.05, 0) is 62.2 Å². The number of methoxy groups -OCH3 is 2. The molecule has 9 heterocycles. The van der Waals surface area contributed by atoms with Crippen molar-refractivity contribution in [3.05, 3.63) is 68.9 Å². The number of H-pyrrole nitrogens is 1. The zero-order valence-electron chi connectivity index (χ0n) is 32.0. The van der Waals surface area contributed by atoms with Crippen molar-refractivity contribution in [1.29, 1.82) is 0 Å². The molecule has 15 heteroatoms. The second kappa shape index (κ2) is 12.4. The number of hydrogen-bond donors (Lipinski definition) is 4. The lowest BCUT2D eigenvalue weighted by Gasteiger charge is -2.60. The van der Waals surface area contributed by atoms with E-state index in [-0.39, 0.29) is 37.9 Å². The highest BCUT2D eigenvalue weighted by Crippen LogP contribution is 2.65. The van der Waals surface area contributed by atoms with Gasteiger partial charge in [-0.15, -0.1) is 11.8 Å². The molecule has 8 aliphatic heterocycles. The molecule has 7 unspecified atom stereocenters. The summed E-state index contributed by atoms with van der Waals surface area (Å²) >= 11 is 1.53. The van der Waals surface area contributed by atoms with E-state index in [1.807, 2.05) is 45.2 Å². The Labute approximate surface area is 327 Å². The van der Waals surface area contributed by atoms with Crippen molar-refractivity contribution in [1.82, 2.24) is 20.1 Å². The smallest absolute Gasteiger partial charge is 0.333 e. The lowest BCUT2D eigenvalue weighted by molar-refractivity contribution is -0.215. The molecule has 14 nitrogen and oxygen atoms in total. The van der Waals surface area contributed by atoms with E-state index in [4.69, 9.17) is 28.4 Å². The molecule has 0 aliphatic carbocycles. The van der Waals surface area contributed by atoms with Crippen LogP contribution in [0.3, 0.4) is 0 Å². The van der Waals surface area contributed by atoms with Crippen LogP contribution in [0, 0.1) is 13.8 Å². The maximum Gasteiger partial charge on any atom is 0.333 e. The molecule has 2 saturated heterocycles. The van der Waals surface area contributed by atoms with Crippen molar-refractivity contribution < 1.29 is 48.2 Å². The number of hydrogen-bond acceptors (Lipinski definition) is 14. The summed E-state index contributed by atoms with van der Waals surface area (Å²) < 4.78 is 36.3. The first-order chi connectivity index (χ1) is 26.9. The third-order valence-electron chi connectivity index (χ3n) is 12.8. The van der Waals surface area contributed by atoms with E-state index in [0.29, 0.717) is 58.2 Å². The number of aromatic amines is 1. The first-order valence-corrected chi connectivity index (χ1v) is 19.9. The van der Waals surface area contributed by atoms with Gasteiger partial charge in [0.25, 0.3) is 0 Å². The number of phenols is 1. The number of benzene rings is 3. The molecule has 12 rings (SSSR count). The second-order valence-corrected chi connectivity index (χ2v) is 17.0. The molecule has 1 spiro atoms. The highest BCUT2D eigenvalue weighted by atomic mass is 32.2. The molecule has 2 fully saturated rings. The number of aryl methyl sites for hydroxylation is 1. The van der Waals surface area contributed by atoms with Crippen LogP contribution in [0.4, 0.5) is 0 Å². The van der Waals surface area contributed by atoms with Gasteiger partial charge in [0.2, 0.25) is 6.79 Å². The lowest BCUT2D eigenvalue weighted by atomic mass is 9.78. The highest BCUT2D eigenvalue weighted by Gasteiger charge is 2.63. The predicted octanol–water partition coefficient (Wildman–Crippen LogP) is 4.19. The summed E-state index contributed by atoms with van der Waals surface area (Å²) in [5, 5.41) is 29.3. The number of fused-ring (bicyclic) bond motifs is 8. The fourth-order valence-corrected chi connectivity index (χ4v) is 12.4.